The molecule has 0 bridgehead atoms. The molecule has 7 heteroatoms. The molecule has 1 aromatic heterocycles. The van der Waals surface area contributed by atoms with Crippen molar-refractivity contribution in [1.29, 1.82) is 0 Å². The smallest absolute Gasteiger partial charge is 0.262 e. The summed E-state index contributed by atoms with van der Waals surface area (Å²) in [6, 6.07) is 4.83. The number of benzene rings is 1. The van der Waals surface area contributed by atoms with Crippen molar-refractivity contribution < 1.29 is 14.4 Å². The summed E-state index contributed by atoms with van der Waals surface area (Å²) < 4.78 is 0.675. The summed E-state index contributed by atoms with van der Waals surface area (Å²) in [5, 5.41) is 3.93. The molecule has 110 valence electrons. The van der Waals surface area contributed by atoms with Gasteiger partial charge in [0.1, 0.15) is 11.9 Å². The molecule has 0 spiro atoms. The minimum Gasteiger partial charge on any atom is -0.295 e. The Morgan fingerprint density at radius 3 is 2.82 bits per heavy atom. The van der Waals surface area contributed by atoms with Crippen molar-refractivity contribution in [2.24, 2.45) is 0 Å². The maximum Gasteiger partial charge on any atom is 0.262 e. The fourth-order valence-electron chi connectivity index (χ4n) is 3.05. The van der Waals surface area contributed by atoms with Crippen molar-refractivity contribution in [3.05, 3.63) is 34.4 Å². The highest BCUT2D eigenvalue weighted by atomic mass is 79.9. The minimum absolute atomic E-state index is 0.216. The normalized spacial score (nSPS) is 20.7. The van der Waals surface area contributed by atoms with Gasteiger partial charge in [0.25, 0.3) is 5.91 Å². The van der Waals surface area contributed by atoms with Crippen LogP contribution in [0.5, 0.6) is 0 Å². The van der Waals surface area contributed by atoms with E-state index in [4.69, 9.17) is 0 Å². The van der Waals surface area contributed by atoms with E-state index < -0.39 is 11.9 Å². The first-order valence-corrected chi connectivity index (χ1v) is 7.61. The number of pyridine rings is 1. The molecular weight excluding hydrogens is 350 g/mol. The molecule has 1 atom stereocenters. The van der Waals surface area contributed by atoms with Crippen LogP contribution in [0.3, 0.4) is 0 Å². The summed E-state index contributed by atoms with van der Waals surface area (Å²) in [4.78, 5) is 42.0. The van der Waals surface area contributed by atoms with E-state index in [1.54, 1.807) is 6.20 Å². The van der Waals surface area contributed by atoms with Gasteiger partial charge in [-0.25, -0.2) is 4.98 Å². The lowest BCUT2D eigenvalue weighted by atomic mass is 10.0. The van der Waals surface area contributed by atoms with E-state index in [0.717, 1.165) is 10.8 Å². The number of aromatic nitrogens is 1. The van der Waals surface area contributed by atoms with Gasteiger partial charge < -0.3 is 0 Å². The maximum atomic E-state index is 12.8. The number of nitrogens with one attached hydrogen (secondary N) is 1. The van der Waals surface area contributed by atoms with Gasteiger partial charge in [-0.1, -0.05) is 6.07 Å². The molecule has 1 fully saturated rings. The van der Waals surface area contributed by atoms with Gasteiger partial charge in [-0.2, -0.15) is 0 Å². The summed E-state index contributed by atoms with van der Waals surface area (Å²) in [6.45, 7) is 0. The number of anilines is 1. The second-order valence-corrected chi connectivity index (χ2v) is 6.15. The number of amides is 3. The van der Waals surface area contributed by atoms with Gasteiger partial charge in [0, 0.05) is 22.5 Å². The molecule has 0 saturated carbocycles. The molecule has 0 radical (unpaired) electrons. The predicted octanol–water partition coefficient (Wildman–Crippen LogP) is 1.76. The highest BCUT2D eigenvalue weighted by Gasteiger charge is 2.42. The van der Waals surface area contributed by atoms with E-state index >= 15 is 0 Å². The van der Waals surface area contributed by atoms with E-state index in [9.17, 15) is 14.4 Å². The van der Waals surface area contributed by atoms with E-state index in [0.29, 0.717) is 22.3 Å². The van der Waals surface area contributed by atoms with Crippen molar-refractivity contribution in [3.8, 4) is 0 Å². The number of imide groups is 1. The van der Waals surface area contributed by atoms with E-state index in [1.165, 1.54) is 4.90 Å². The van der Waals surface area contributed by atoms with E-state index in [1.807, 2.05) is 18.2 Å². The summed E-state index contributed by atoms with van der Waals surface area (Å²) in [5.41, 5.74) is 0.519. The number of carbonyl (C=O) groups excluding carboxylic acids is 3. The first kappa shape index (κ1) is 13.4. The predicted molar refractivity (Wildman–Crippen MR) is 82.4 cm³/mol. The Morgan fingerprint density at radius 1 is 1.23 bits per heavy atom. The standard InChI is InChI=1S/C15H10BrN3O3/c16-8-2-1-7-5-6-17-13-11(7)12(8)15(22)19(13)9-3-4-10(20)18-14(9)21/h1-2,5-6,9H,3-4H2,(H,18,20,21). The molecule has 4 rings (SSSR count). The molecular formula is C15H10BrN3O3. The number of halogens is 1. The lowest BCUT2D eigenvalue weighted by Gasteiger charge is -2.29. The summed E-state index contributed by atoms with van der Waals surface area (Å²) in [5.74, 6) is -0.543. The molecule has 22 heavy (non-hydrogen) atoms. The fraction of sp³-hybridized carbons (Fsp3) is 0.200. The van der Waals surface area contributed by atoms with Crippen molar-refractivity contribution >= 4 is 50.2 Å². The number of hydrogen-bond acceptors (Lipinski definition) is 4. The van der Waals surface area contributed by atoms with Gasteiger partial charge in [-0.05, 0) is 39.9 Å². The molecule has 1 N–H and O–H groups in total. The van der Waals surface area contributed by atoms with Crippen LogP contribution in [0.15, 0.2) is 28.9 Å². The molecule has 2 aromatic rings. The molecule has 1 unspecified atom stereocenters. The summed E-state index contributed by atoms with van der Waals surface area (Å²) in [7, 11) is 0. The number of nitrogens with zero attached hydrogens (tertiary/aromatic N) is 2. The second kappa shape index (κ2) is 4.61. The van der Waals surface area contributed by atoms with Crippen LogP contribution in [0.1, 0.15) is 23.2 Å². The van der Waals surface area contributed by atoms with Gasteiger partial charge >= 0.3 is 0 Å². The third kappa shape index (κ3) is 1.72. The maximum absolute atomic E-state index is 12.8. The van der Waals surface area contributed by atoms with Crippen LogP contribution in [0.25, 0.3) is 10.8 Å². The molecule has 0 aliphatic carbocycles. The van der Waals surface area contributed by atoms with Crippen molar-refractivity contribution in [1.82, 2.24) is 10.3 Å². The third-order valence-electron chi connectivity index (χ3n) is 4.04. The lowest BCUT2D eigenvalue weighted by molar-refractivity contribution is -0.134. The monoisotopic (exact) mass is 359 g/mol. The van der Waals surface area contributed by atoms with Crippen LogP contribution in [0, 0.1) is 0 Å². The van der Waals surface area contributed by atoms with Gasteiger partial charge in [-0.3, -0.25) is 24.6 Å². The Labute approximate surface area is 133 Å². The largest absolute Gasteiger partial charge is 0.295 e. The van der Waals surface area contributed by atoms with Crippen molar-refractivity contribution in [2.75, 3.05) is 4.90 Å². The fourth-order valence-corrected chi connectivity index (χ4v) is 3.55. The third-order valence-corrected chi connectivity index (χ3v) is 4.70. The molecule has 2 aliphatic heterocycles. The average molecular weight is 360 g/mol. The molecule has 1 aromatic carbocycles. The zero-order chi connectivity index (χ0) is 15.4. The average Bonchev–Trinajstić information content (AvgIpc) is 2.78. The summed E-state index contributed by atoms with van der Waals surface area (Å²) in [6.07, 6.45) is 2.14. The Kier molecular flexibility index (Phi) is 2.80. The van der Waals surface area contributed by atoms with Gasteiger partial charge in [0.15, 0.2) is 0 Å². The Bertz CT molecular complexity index is 864. The summed E-state index contributed by atoms with van der Waals surface area (Å²) >= 11 is 3.40. The van der Waals surface area contributed by atoms with Crippen molar-refractivity contribution in [3.63, 3.8) is 0 Å². The van der Waals surface area contributed by atoms with Crippen LogP contribution >= 0.6 is 15.9 Å². The Hall–Kier alpha value is -2.28. The van der Waals surface area contributed by atoms with Crippen LogP contribution in [-0.4, -0.2) is 28.7 Å². The first-order valence-electron chi connectivity index (χ1n) is 6.82. The Balaban J connectivity index is 1.89. The number of carbonyl (C=O) groups is 3. The highest BCUT2D eigenvalue weighted by molar-refractivity contribution is 9.10. The van der Waals surface area contributed by atoms with Gasteiger partial charge in [0.2, 0.25) is 11.8 Å². The van der Waals surface area contributed by atoms with Crippen LogP contribution in [0.2, 0.25) is 0 Å². The molecule has 1 saturated heterocycles. The van der Waals surface area contributed by atoms with Crippen LogP contribution < -0.4 is 10.2 Å². The van der Waals surface area contributed by atoms with E-state index in [-0.39, 0.29) is 18.2 Å². The lowest BCUT2D eigenvalue weighted by Crippen LogP contribution is -2.53. The molecule has 3 heterocycles. The number of hydrogen-bond donors (Lipinski definition) is 1. The van der Waals surface area contributed by atoms with Crippen molar-refractivity contribution in [2.45, 2.75) is 18.9 Å². The number of rotatable bonds is 1. The Morgan fingerprint density at radius 2 is 2.05 bits per heavy atom. The SMILES string of the molecule is O=C1CCC(N2C(=O)c3c(Br)ccc4ccnc2c34)C(=O)N1. The zero-order valence-corrected chi connectivity index (χ0v) is 12.9. The molecule has 2 aliphatic rings. The first-order chi connectivity index (χ1) is 10.6. The van der Waals surface area contributed by atoms with Crippen LogP contribution in [0.4, 0.5) is 5.82 Å². The highest BCUT2D eigenvalue weighted by Crippen LogP contribution is 2.41. The second-order valence-electron chi connectivity index (χ2n) is 5.30. The topological polar surface area (TPSA) is 79.4 Å². The minimum atomic E-state index is -0.706. The molecule has 3 amide bonds. The number of piperidine rings is 1. The van der Waals surface area contributed by atoms with Gasteiger partial charge in [-0.15, -0.1) is 0 Å². The molecule has 6 nitrogen and oxygen atoms in total. The zero-order valence-electron chi connectivity index (χ0n) is 11.3. The quantitative estimate of drug-likeness (QED) is 0.786. The van der Waals surface area contributed by atoms with E-state index in [2.05, 4.69) is 26.2 Å². The van der Waals surface area contributed by atoms with Crippen LogP contribution in [-0.2, 0) is 9.59 Å². The van der Waals surface area contributed by atoms with Gasteiger partial charge in [0.05, 0.1) is 5.56 Å².